The summed E-state index contributed by atoms with van der Waals surface area (Å²) in [6.07, 6.45) is 3.19. The molecule has 5 aromatic rings. The van der Waals surface area contributed by atoms with E-state index in [4.69, 9.17) is 4.99 Å². The first kappa shape index (κ1) is 17.5. The van der Waals surface area contributed by atoms with E-state index in [1.807, 2.05) is 0 Å². The molecule has 7 rings (SSSR count). The second-order valence-corrected chi connectivity index (χ2v) is 8.42. The van der Waals surface area contributed by atoms with E-state index in [1.165, 1.54) is 55.2 Å². The van der Waals surface area contributed by atoms with E-state index in [0.29, 0.717) is 0 Å². The van der Waals surface area contributed by atoms with Crippen LogP contribution in [0.1, 0.15) is 11.3 Å². The first-order chi connectivity index (χ1) is 15.9. The van der Waals surface area contributed by atoms with Gasteiger partial charge in [0, 0.05) is 21.7 Å². The van der Waals surface area contributed by atoms with E-state index < -0.39 is 0 Å². The molecule has 2 nitrogen and oxygen atoms in total. The number of fused-ring (bicyclic) bond motifs is 6. The number of hydrogen-bond donors (Lipinski definition) is 1. The van der Waals surface area contributed by atoms with Gasteiger partial charge in [-0.15, -0.1) is 0 Å². The van der Waals surface area contributed by atoms with E-state index in [2.05, 4.69) is 108 Å². The van der Waals surface area contributed by atoms with Crippen LogP contribution < -0.4 is 10.6 Å². The number of nitrogens with one attached hydrogen (secondary N) is 1. The van der Waals surface area contributed by atoms with E-state index in [1.54, 1.807) is 0 Å². The van der Waals surface area contributed by atoms with Crippen molar-refractivity contribution in [1.82, 2.24) is 4.98 Å². The molecular weight excluding hydrogens is 388 g/mol. The van der Waals surface area contributed by atoms with Crippen LogP contribution in [0.15, 0.2) is 114 Å². The largest absolute Gasteiger partial charge is 0.354 e. The average molecular weight is 409 g/mol. The molecule has 2 heterocycles. The van der Waals surface area contributed by atoms with Gasteiger partial charge in [0.1, 0.15) is 0 Å². The lowest BCUT2D eigenvalue weighted by atomic mass is 9.88. The molecule has 1 aromatic heterocycles. The van der Waals surface area contributed by atoms with Crippen molar-refractivity contribution < 1.29 is 0 Å². The summed E-state index contributed by atoms with van der Waals surface area (Å²) < 4.78 is 0. The van der Waals surface area contributed by atoms with Crippen molar-refractivity contribution in [3.63, 3.8) is 0 Å². The molecule has 2 heteroatoms. The first-order valence-corrected chi connectivity index (χ1v) is 11.1. The molecule has 0 fully saturated rings. The lowest BCUT2D eigenvalue weighted by Crippen LogP contribution is -2.27. The number of nitrogens with zero attached hydrogens (tertiary/aromatic N) is 1. The normalized spacial score (nSPS) is 13.9. The van der Waals surface area contributed by atoms with Crippen LogP contribution in [0.25, 0.3) is 38.7 Å². The zero-order valence-electron chi connectivity index (χ0n) is 17.5. The Morgan fingerprint density at radius 3 is 2.22 bits per heavy atom. The predicted octanol–water partition coefficient (Wildman–Crippen LogP) is 5.77. The Balaban J connectivity index is 1.66. The molecule has 1 N–H and O–H groups in total. The van der Waals surface area contributed by atoms with Gasteiger partial charge in [-0.25, -0.2) is 4.99 Å². The minimum atomic E-state index is 0.905. The predicted molar refractivity (Wildman–Crippen MR) is 131 cm³/mol. The Bertz CT molecular complexity index is 1670. The topological polar surface area (TPSA) is 28.1 Å². The summed E-state index contributed by atoms with van der Waals surface area (Å²) in [6, 6.07) is 34.4. The Hall–Kier alpha value is -4.17. The van der Waals surface area contributed by atoms with Crippen molar-refractivity contribution in [3.8, 4) is 22.3 Å². The van der Waals surface area contributed by atoms with Crippen LogP contribution in [0, 0.1) is 0 Å². The third kappa shape index (κ3) is 2.44. The zero-order chi connectivity index (χ0) is 21.1. The summed E-state index contributed by atoms with van der Waals surface area (Å²) in [6.45, 7) is 0. The standard InChI is InChI=1S/C30H20N2/c1-3-9-19(10-4-1)21-15-17-25-28(27(21)20-11-5-2-6-12-20)29-26(31-25)18-16-23-22-13-7-8-14-24(22)32-30(23)29/h1-15,17-18,32H,16H2. The third-order valence-corrected chi connectivity index (χ3v) is 6.64. The number of benzene rings is 4. The maximum atomic E-state index is 5.07. The van der Waals surface area contributed by atoms with Gasteiger partial charge in [0.25, 0.3) is 0 Å². The molecule has 0 amide bonds. The lowest BCUT2D eigenvalue weighted by Gasteiger charge is -2.15. The second-order valence-electron chi connectivity index (χ2n) is 8.42. The summed E-state index contributed by atoms with van der Waals surface area (Å²) in [5.41, 5.74) is 11.0. The maximum Gasteiger partial charge on any atom is 0.0723 e. The number of para-hydroxylation sites is 1. The van der Waals surface area contributed by atoms with Crippen LogP contribution in [-0.2, 0) is 6.42 Å². The number of aromatic nitrogens is 1. The van der Waals surface area contributed by atoms with E-state index in [-0.39, 0.29) is 0 Å². The molecule has 4 aromatic carbocycles. The van der Waals surface area contributed by atoms with Gasteiger partial charge in [0.05, 0.1) is 16.7 Å². The Labute approximate surface area is 185 Å². The molecular formula is C30H20N2. The van der Waals surface area contributed by atoms with Gasteiger partial charge >= 0.3 is 0 Å². The van der Waals surface area contributed by atoms with E-state index in [0.717, 1.165) is 17.5 Å². The molecule has 0 spiro atoms. The Morgan fingerprint density at radius 1 is 0.688 bits per heavy atom. The smallest absolute Gasteiger partial charge is 0.0723 e. The molecule has 1 aliphatic carbocycles. The van der Waals surface area contributed by atoms with E-state index >= 15 is 0 Å². The maximum absolute atomic E-state index is 5.07. The van der Waals surface area contributed by atoms with Crippen LogP contribution in [0.4, 0.5) is 0 Å². The quantitative estimate of drug-likeness (QED) is 0.384. The minimum absolute atomic E-state index is 0.905. The minimum Gasteiger partial charge on any atom is -0.354 e. The summed E-state index contributed by atoms with van der Waals surface area (Å²) in [5.74, 6) is 0. The molecule has 0 saturated carbocycles. The molecule has 0 radical (unpaired) electrons. The van der Waals surface area contributed by atoms with Crippen molar-refractivity contribution in [3.05, 3.63) is 131 Å². The number of allylic oxidation sites excluding steroid dienone is 2. The monoisotopic (exact) mass is 408 g/mol. The zero-order valence-corrected chi connectivity index (χ0v) is 17.5. The van der Waals surface area contributed by atoms with Crippen LogP contribution in [0.5, 0.6) is 0 Å². The fraction of sp³-hybridized carbons (Fsp3) is 0.0333. The van der Waals surface area contributed by atoms with Crippen LogP contribution >= 0.6 is 0 Å². The lowest BCUT2D eigenvalue weighted by molar-refractivity contribution is 1.17. The summed E-state index contributed by atoms with van der Waals surface area (Å²) >= 11 is 0. The first-order valence-electron chi connectivity index (χ1n) is 11.1. The molecule has 2 aliphatic rings. The van der Waals surface area contributed by atoms with Crippen molar-refractivity contribution in [2.45, 2.75) is 6.42 Å². The van der Waals surface area contributed by atoms with Crippen molar-refractivity contribution in [2.24, 2.45) is 4.99 Å². The highest BCUT2D eigenvalue weighted by atomic mass is 14.8. The average Bonchev–Trinajstić information content (AvgIpc) is 3.42. The molecule has 0 saturated heterocycles. The highest BCUT2D eigenvalue weighted by molar-refractivity contribution is 5.97. The van der Waals surface area contributed by atoms with Gasteiger partial charge in [-0.1, -0.05) is 91.0 Å². The Morgan fingerprint density at radius 2 is 1.41 bits per heavy atom. The van der Waals surface area contributed by atoms with Crippen molar-refractivity contribution in [1.29, 1.82) is 0 Å². The van der Waals surface area contributed by atoms with E-state index in [9.17, 15) is 0 Å². The highest BCUT2D eigenvalue weighted by Crippen LogP contribution is 2.38. The van der Waals surface area contributed by atoms with Gasteiger partial charge < -0.3 is 4.98 Å². The SMILES string of the molecule is C1=C2N=c3ccc(-c4ccccc4)c(-c4ccccc4)c3=C2c2[nH]c3ccccc3c2C1. The Kier molecular flexibility index (Phi) is 3.65. The van der Waals surface area contributed by atoms with Crippen molar-refractivity contribution in [2.75, 3.05) is 0 Å². The molecule has 0 bridgehead atoms. The fourth-order valence-corrected chi connectivity index (χ4v) is 5.24. The molecule has 32 heavy (non-hydrogen) atoms. The van der Waals surface area contributed by atoms with Crippen molar-refractivity contribution >= 4 is 16.5 Å². The number of hydrogen-bond acceptors (Lipinski definition) is 1. The summed E-state index contributed by atoms with van der Waals surface area (Å²) in [7, 11) is 0. The highest BCUT2D eigenvalue weighted by Gasteiger charge is 2.27. The number of H-pyrrole nitrogens is 1. The van der Waals surface area contributed by atoms with Gasteiger partial charge in [0.2, 0.25) is 0 Å². The van der Waals surface area contributed by atoms with Gasteiger partial charge in [-0.05, 0) is 46.4 Å². The summed E-state index contributed by atoms with van der Waals surface area (Å²) in [4.78, 5) is 8.80. The number of rotatable bonds is 2. The fourth-order valence-electron chi connectivity index (χ4n) is 5.24. The molecule has 150 valence electrons. The van der Waals surface area contributed by atoms with Crippen LogP contribution in [-0.4, -0.2) is 4.98 Å². The molecule has 1 aliphatic heterocycles. The molecule has 0 atom stereocenters. The van der Waals surface area contributed by atoms with Crippen LogP contribution in [0.3, 0.4) is 0 Å². The third-order valence-electron chi connectivity index (χ3n) is 6.64. The van der Waals surface area contributed by atoms with Gasteiger partial charge in [-0.2, -0.15) is 0 Å². The molecule has 0 unspecified atom stereocenters. The van der Waals surface area contributed by atoms with Gasteiger partial charge in [-0.3, -0.25) is 0 Å². The summed E-state index contributed by atoms with van der Waals surface area (Å²) in [5, 5.41) is 3.59. The van der Waals surface area contributed by atoms with Crippen LogP contribution in [0.2, 0.25) is 0 Å². The number of aromatic amines is 1. The second kappa shape index (κ2) is 6.66. The van der Waals surface area contributed by atoms with Gasteiger partial charge in [0.15, 0.2) is 0 Å².